The molecule has 6 nitrogen and oxygen atoms in total. The SMILES string of the molecule is CC(C)N(C[C@@H]1CCCN(CC(N)=O)C1)C(=O)OC(C)(C)C. The number of likely N-dealkylation sites (tertiary alicyclic amines) is 1. The zero-order valence-electron chi connectivity index (χ0n) is 14.6. The molecule has 2 N–H and O–H groups in total. The Morgan fingerprint density at radius 1 is 1.36 bits per heavy atom. The van der Waals surface area contributed by atoms with Crippen molar-refractivity contribution in [3.63, 3.8) is 0 Å². The van der Waals surface area contributed by atoms with Crippen LogP contribution < -0.4 is 5.73 Å². The molecule has 0 radical (unpaired) electrons. The van der Waals surface area contributed by atoms with Gasteiger partial charge in [0, 0.05) is 19.1 Å². The molecule has 0 aliphatic carbocycles. The molecule has 0 unspecified atom stereocenters. The molecule has 128 valence electrons. The topological polar surface area (TPSA) is 75.9 Å². The number of nitrogens with zero attached hydrogens (tertiary/aromatic N) is 2. The van der Waals surface area contributed by atoms with Crippen LogP contribution in [0.25, 0.3) is 0 Å². The minimum Gasteiger partial charge on any atom is -0.444 e. The minimum atomic E-state index is -0.491. The van der Waals surface area contributed by atoms with Crippen molar-refractivity contribution in [3.05, 3.63) is 0 Å². The summed E-state index contributed by atoms with van der Waals surface area (Å²) >= 11 is 0. The third-order valence-corrected chi connectivity index (χ3v) is 3.69. The summed E-state index contributed by atoms with van der Waals surface area (Å²) in [6.45, 7) is 12.3. The summed E-state index contributed by atoms with van der Waals surface area (Å²) in [6.07, 6.45) is 1.81. The predicted molar refractivity (Wildman–Crippen MR) is 86.4 cm³/mol. The molecule has 0 spiro atoms. The fourth-order valence-electron chi connectivity index (χ4n) is 2.76. The van der Waals surface area contributed by atoms with Gasteiger partial charge in [-0.15, -0.1) is 0 Å². The Morgan fingerprint density at radius 3 is 2.50 bits per heavy atom. The highest BCUT2D eigenvalue weighted by Crippen LogP contribution is 2.20. The first-order valence-electron chi connectivity index (χ1n) is 8.08. The van der Waals surface area contributed by atoms with Crippen molar-refractivity contribution in [2.24, 2.45) is 11.7 Å². The highest BCUT2D eigenvalue weighted by molar-refractivity contribution is 5.75. The van der Waals surface area contributed by atoms with Crippen molar-refractivity contribution >= 4 is 12.0 Å². The molecule has 0 bridgehead atoms. The van der Waals surface area contributed by atoms with Gasteiger partial charge in [0.25, 0.3) is 0 Å². The predicted octanol–water partition coefficient (Wildman–Crippen LogP) is 1.83. The van der Waals surface area contributed by atoms with Crippen molar-refractivity contribution in [1.82, 2.24) is 9.80 Å². The Hall–Kier alpha value is -1.30. The quantitative estimate of drug-likeness (QED) is 0.840. The Morgan fingerprint density at radius 2 is 2.00 bits per heavy atom. The summed E-state index contributed by atoms with van der Waals surface area (Å²) in [7, 11) is 0. The number of carbonyl (C=O) groups excluding carboxylic acids is 2. The molecule has 0 aromatic heterocycles. The van der Waals surface area contributed by atoms with E-state index < -0.39 is 5.60 Å². The lowest BCUT2D eigenvalue weighted by molar-refractivity contribution is -0.119. The van der Waals surface area contributed by atoms with Crippen LogP contribution >= 0.6 is 0 Å². The fraction of sp³-hybridized carbons (Fsp3) is 0.875. The maximum Gasteiger partial charge on any atom is 0.410 e. The van der Waals surface area contributed by atoms with E-state index in [4.69, 9.17) is 10.5 Å². The average Bonchev–Trinajstić information content (AvgIpc) is 2.33. The number of carbonyl (C=O) groups is 2. The van der Waals surface area contributed by atoms with Gasteiger partial charge in [-0.05, 0) is 59.9 Å². The summed E-state index contributed by atoms with van der Waals surface area (Å²) in [5.41, 5.74) is 4.78. The van der Waals surface area contributed by atoms with Gasteiger partial charge in [0.1, 0.15) is 5.60 Å². The Balaban J connectivity index is 2.62. The van der Waals surface area contributed by atoms with Crippen LogP contribution in [0.3, 0.4) is 0 Å². The van der Waals surface area contributed by atoms with Crippen molar-refractivity contribution < 1.29 is 14.3 Å². The molecule has 0 saturated carbocycles. The lowest BCUT2D eigenvalue weighted by Gasteiger charge is -2.37. The zero-order chi connectivity index (χ0) is 16.9. The Bertz CT molecular complexity index is 391. The lowest BCUT2D eigenvalue weighted by atomic mass is 9.97. The van der Waals surface area contributed by atoms with E-state index in [-0.39, 0.29) is 18.0 Å². The van der Waals surface area contributed by atoms with Crippen molar-refractivity contribution in [2.75, 3.05) is 26.2 Å². The van der Waals surface area contributed by atoms with Crippen LogP contribution in [0.2, 0.25) is 0 Å². The van der Waals surface area contributed by atoms with Crippen molar-refractivity contribution in [1.29, 1.82) is 0 Å². The number of rotatable bonds is 5. The van der Waals surface area contributed by atoms with E-state index in [1.54, 1.807) is 4.90 Å². The smallest absolute Gasteiger partial charge is 0.410 e. The molecule has 1 fully saturated rings. The van der Waals surface area contributed by atoms with Crippen LogP contribution in [0, 0.1) is 5.92 Å². The Kier molecular flexibility index (Phi) is 6.66. The number of hydrogen-bond donors (Lipinski definition) is 1. The molecule has 1 heterocycles. The van der Waals surface area contributed by atoms with Gasteiger partial charge in [0.2, 0.25) is 5.91 Å². The van der Waals surface area contributed by atoms with Crippen LogP contribution in [0.4, 0.5) is 4.79 Å². The van der Waals surface area contributed by atoms with Gasteiger partial charge >= 0.3 is 6.09 Å². The van der Waals surface area contributed by atoms with Crippen LogP contribution in [-0.4, -0.2) is 59.6 Å². The first kappa shape index (κ1) is 18.7. The molecule has 1 aliphatic heterocycles. The summed E-state index contributed by atoms with van der Waals surface area (Å²) < 4.78 is 5.49. The molecular formula is C16H31N3O3. The first-order chi connectivity index (χ1) is 10.1. The highest BCUT2D eigenvalue weighted by atomic mass is 16.6. The second-order valence-corrected chi connectivity index (χ2v) is 7.44. The van der Waals surface area contributed by atoms with Crippen LogP contribution in [-0.2, 0) is 9.53 Å². The first-order valence-corrected chi connectivity index (χ1v) is 8.08. The van der Waals surface area contributed by atoms with Gasteiger partial charge in [-0.2, -0.15) is 0 Å². The van der Waals surface area contributed by atoms with E-state index in [0.29, 0.717) is 19.0 Å². The van der Waals surface area contributed by atoms with Gasteiger partial charge in [-0.1, -0.05) is 0 Å². The summed E-state index contributed by atoms with van der Waals surface area (Å²) in [4.78, 5) is 27.3. The Labute approximate surface area is 134 Å². The average molecular weight is 313 g/mol. The number of ether oxygens (including phenoxy) is 1. The molecular weight excluding hydrogens is 282 g/mol. The largest absolute Gasteiger partial charge is 0.444 e. The van der Waals surface area contributed by atoms with E-state index in [0.717, 1.165) is 25.9 Å². The molecule has 22 heavy (non-hydrogen) atoms. The van der Waals surface area contributed by atoms with E-state index in [2.05, 4.69) is 4.90 Å². The molecule has 1 aliphatic rings. The number of primary amides is 1. The normalized spacial score (nSPS) is 20.0. The van der Waals surface area contributed by atoms with E-state index >= 15 is 0 Å². The third kappa shape index (κ3) is 6.64. The summed E-state index contributed by atoms with van der Waals surface area (Å²) in [5, 5.41) is 0. The van der Waals surface area contributed by atoms with E-state index in [9.17, 15) is 9.59 Å². The second-order valence-electron chi connectivity index (χ2n) is 7.44. The minimum absolute atomic E-state index is 0.0846. The van der Waals surface area contributed by atoms with Crippen LogP contribution in [0.1, 0.15) is 47.5 Å². The van der Waals surface area contributed by atoms with E-state index in [1.807, 2.05) is 34.6 Å². The monoisotopic (exact) mass is 313 g/mol. The van der Waals surface area contributed by atoms with Gasteiger partial charge in [-0.3, -0.25) is 9.69 Å². The van der Waals surface area contributed by atoms with Gasteiger partial charge in [0.05, 0.1) is 6.54 Å². The number of amides is 2. The summed E-state index contributed by atoms with van der Waals surface area (Å²) in [6, 6.07) is 0.0846. The number of hydrogen-bond acceptors (Lipinski definition) is 4. The number of nitrogens with two attached hydrogens (primary N) is 1. The van der Waals surface area contributed by atoms with Gasteiger partial charge < -0.3 is 15.4 Å². The lowest BCUT2D eigenvalue weighted by Crippen LogP contribution is -2.48. The zero-order valence-corrected chi connectivity index (χ0v) is 14.6. The van der Waals surface area contributed by atoms with Crippen molar-refractivity contribution in [3.8, 4) is 0 Å². The summed E-state index contributed by atoms with van der Waals surface area (Å²) in [5.74, 6) is 0.0523. The standard InChI is InChI=1S/C16H31N3O3/c1-12(2)19(15(21)22-16(3,4)5)10-13-7-6-8-18(9-13)11-14(17)20/h12-13H,6-11H2,1-5H3,(H2,17,20)/t13-/m1/s1. The van der Waals surface area contributed by atoms with Gasteiger partial charge in [-0.25, -0.2) is 4.79 Å². The molecule has 1 atom stereocenters. The molecule has 1 saturated heterocycles. The van der Waals surface area contributed by atoms with Crippen molar-refractivity contribution in [2.45, 2.75) is 59.1 Å². The number of piperidine rings is 1. The highest BCUT2D eigenvalue weighted by Gasteiger charge is 2.29. The molecule has 2 amide bonds. The van der Waals surface area contributed by atoms with E-state index in [1.165, 1.54) is 0 Å². The molecule has 6 heteroatoms. The second kappa shape index (κ2) is 7.81. The fourth-order valence-corrected chi connectivity index (χ4v) is 2.76. The molecule has 0 aromatic rings. The van der Waals surface area contributed by atoms with Gasteiger partial charge in [0.15, 0.2) is 0 Å². The van der Waals surface area contributed by atoms with Crippen LogP contribution in [0.15, 0.2) is 0 Å². The molecule has 1 rings (SSSR count). The maximum absolute atomic E-state index is 12.3. The molecule has 0 aromatic carbocycles. The van der Waals surface area contributed by atoms with Crippen LogP contribution in [0.5, 0.6) is 0 Å². The maximum atomic E-state index is 12.3. The third-order valence-electron chi connectivity index (χ3n) is 3.69.